The maximum Gasteiger partial charge on any atom is 0.0990 e. The first-order chi connectivity index (χ1) is 8.22. The van der Waals surface area contributed by atoms with Gasteiger partial charge in [0.05, 0.1) is 5.84 Å². The van der Waals surface area contributed by atoms with Gasteiger partial charge in [-0.3, -0.25) is 10.3 Å². The minimum absolute atomic E-state index is 0.559. The summed E-state index contributed by atoms with van der Waals surface area (Å²) in [6.45, 7) is 8.93. The van der Waals surface area contributed by atoms with E-state index in [1.807, 2.05) is 0 Å². The molecule has 3 nitrogen and oxygen atoms in total. The van der Waals surface area contributed by atoms with Crippen molar-refractivity contribution in [3.8, 4) is 0 Å². The second-order valence-corrected chi connectivity index (χ2v) is 5.64. The van der Waals surface area contributed by atoms with Gasteiger partial charge in [0, 0.05) is 31.6 Å². The Morgan fingerprint density at radius 2 is 1.88 bits per heavy atom. The van der Waals surface area contributed by atoms with Crippen molar-refractivity contribution in [1.82, 2.24) is 9.80 Å². The molecule has 1 saturated carbocycles. The second-order valence-electron chi connectivity index (χ2n) is 5.64. The predicted molar refractivity (Wildman–Crippen MR) is 72.6 cm³/mol. The van der Waals surface area contributed by atoms with Crippen molar-refractivity contribution < 1.29 is 0 Å². The van der Waals surface area contributed by atoms with Crippen LogP contribution >= 0.6 is 0 Å². The molecule has 98 valence electrons. The highest BCUT2D eigenvalue weighted by molar-refractivity contribution is 5.81. The third-order valence-corrected chi connectivity index (χ3v) is 4.50. The number of nitrogens with zero attached hydrogens (tertiary/aromatic N) is 2. The molecule has 1 aliphatic heterocycles. The monoisotopic (exact) mass is 237 g/mol. The van der Waals surface area contributed by atoms with Crippen LogP contribution in [0.25, 0.3) is 0 Å². The van der Waals surface area contributed by atoms with E-state index in [2.05, 4.69) is 23.6 Å². The molecule has 1 heterocycles. The van der Waals surface area contributed by atoms with Gasteiger partial charge in [-0.15, -0.1) is 0 Å². The molecule has 0 amide bonds. The lowest BCUT2D eigenvalue weighted by atomic mass is 9.87. The minimum atomic E-state index is 0.559. The average molecular weight is 237 g/mol. The molecule has 0 aromatic rings. The van der Waals surface area contributed by atoms with Gasteiger partial charge in [-0.1, -0.05) is 26.2 Å². The van der Waals surface area contributed by atoms with Crippen LogP contribution in [0.15, 0.2) is 0 Å². The van der Waals surface area contributed by atoms with E-state index in [1.165, 1.54) is 32.1 Å². The van der Waals surface area contributed by atoms with E-state index >= 15 is 0 Å². The van der Waals surface area contributed by atoms with Crippen molar-refractivity contribution >= 4 is 5.84 Å². The molecule has 2 rings (SSSR count). The minimum Gasteiger partial charge on any atom is -0.357 e. The van der Waals surface area contributed by atoms with E-state index in [0.717, 1.165) is 32.0 Å². The molecule has 0 spiro atoms. The highest BCUT2D eigenvalue weighted by atomic mass is 15.3. The number of nitrogens with one attached hydrogen (secondary N) is 1. The second kappa shape index (κ2) is 5.85. The molecular weight excluding hydrogens is 210 g/mol. The van der Waals surface area contributed by atoms with Gasteiger partial charge in [0.2, 0.25) is 0 Å². The molecular formula is C14H27N3. The van der Waals surface area contributed by atoms with Crippen LogP contribution in [0.3, 0.4) is 0 Å². The molecule has 2 aliphatic rings. The Morgan fingerprint density at radius 1 is 1.18 bits per heavy atom. The van der Waals surface area contributed by atoms with Crippen LogP contribution < -0.4 is 0 Å². The Hall–Kier alpha value is -0.570. The molecule has 1 aliphatic carbocycles. The summed E-state index contributed by atoms with van der Waals surface area (Å²) in [4.78, 5) is 4.86. The van der Waals surface area contributed by atoms with E-state index in [9.17, 15) is 0 Å². The zero-order chi connectivity index (χ0) is 12.3. The summed E-state index contributed by atoms with van der Waals surface area (Å²) >= 11 is 0. The lowest BCUT2D eigenvalue weighted by Crippen LogP contribution is -2.54. The van der Waals surface area contributed by atoms with Gasteiger partial charge in [0.25, 0.3) is 0 Å². The fraction of sp³-hybridized carbons (Fsp3) is 0.929. The quantitative estimate of drug-likeness (QED) is 0.591. The number of amidine groups is 1. The molecule has 1 atom stereocenters. The van der Waals surface area contributed by atoms with Gasteiger partial charge in [0.15, 0.2) is 0 Å². The highest BCUT2D eigenvalue weighted by Crippen LogP contribution is 2.26. The topological polar surface area (TPSA) is 30.3 Å². The van der Waals surface area contributed by atoms with Crippen LogP contribution in [0.5, 0.6) is 0 Å². The van der Waals surface area contributed by atoms with Crippen LogP contribution in [-0.4, -0.2) is 47.9 Å². The molecule has 3 heteroatoms. The molecule has 1 saturated heterocycles. The van der Waals surface area contributed by atoms with Crippen molar-refractivity contribution in [3.63, 3.8) is 0 Å². The molecule has 0 bridgehead atoms. The Labute approximate surface area is 106 Å². The molecule has 0 aromatic heterocycles. The zero-order valence-corrected chi connectivity index (χ0v) is 11.4. The molecule has 0 radical (unpaired) electrons. The number of rotatable bonds is 2. The lowest BCUT2D eigenvalue weighted by molar-refractivity contribution is 0.124. The number of piperazine rings is 1. The lowest BCUT2D eigenvalue weighted by Gasteiger charge is -2.42. The van der Waals surface area contributed by atoms with E-state index in [-0.39, 0.29) is 0 Å². The first kappa shape index (κ1) is 12.9. The van der Waals surface area contributed by atoms with Crippen LogP contribution in [0, 0.1) is 11.3 Å². The van der Waals surface area contributed by atoms with Gasteiger partial charge < -0.3 is 4.90 Å². The average Bonchev–Trinajstić information content (AvgIpc) is 2.39. The summed E-state index contributed by atoms with van der Waals surface area (Å²) in [6.07, 6.45) is 6.54. The van der Waals surface area contributed by atoms with Gasteiger partial charge in [0.1, 0.15) is 0 Å². The van der Waals surface area contributed by atoms with Crippen molar-refractivity contribution in [2.45, 2.75) is 52.0 Å². The SMILES string of the molecule is CCN1CCN(C(=N)C2CCCCC2)CC1C. The summed E-state index contributed by atoms with van der Waals surface area (Å²) in [5.74, 6) is 1.50. The normalized spacial score (nSPS) is 28.4. The Kier molecular flexibility index (Phi) is 4.43. The Morgan fingerprint density at radius 3 is 2.47 bits per heavy atom. The fourth-order valence-corrected chi connectivity index (χ4v) is 3.32. The predicted octanol–water partition coefficient (Wildman–Crippen LogP) is 2.57. The number of likely N-dealkylation sites (N-methyl/N-ethyl adjacent to an activating group) is 1. The molecule has 1 N–H and O–H groups in total. The van der Waals surface area contributed by atoms with Crippen molar-refractivity contribution in [2.24, 2.45) is 5.92 Å². The maximum atomic E-state index is 8.40. The molecule has 1 unspecified atom stereocenters. The van der Waals surface area contributed by atoms with E-state index < -0.39 is 0 Å². The standard InChI is InChI=1S/C14H27N3/c1-3-16-9-10-17(11-12(16)2)14(15)13-7-5-4-6-8-13/h12-13,15H,3-11H2,1-2H3. The first-order valence-electron chi connectivity index (χ1n) is 7.29. The molecule has 2 fully saturated rings. The van der Waals surface area contributed by atoms with Gasteiger partial charge >= 0.3 is 0 Å². The smallest absolute Gasteiger partial charge is 0.0990 e. The van der Waals surface area contributed by atoms with Gasteiger partial charge in [-0.2, -0.15) is 0 Å². The van der Waals surface area contributed by atoms with Crippen molar-refractivity contribution in [2.75, 3.05) is 26.2 Å². The molecule has 17 heavy (non-hydrogen) atoms. The van der Waals surface area contributed by atoms with Gasteiger partial charge in [-0.25, -0.2) is 0 Å². The summed E-state index contributed by atoms with van der Waals surface area (Å²) in [5, 5.41) is 8.40. The highest BCUT2D eigenvalue weighted by Gasteiger charge is 2.28. The number of hydrogen-bond donors (Lipinski definition) is 1. The van der Waals surface area contributed by atoms with E-state index in [4.69, 9.17) is 5.41 Å². The third kappa shape index (κ3) is 3.01. The van der Waals surface area contributed by atoms with Crippen LogP contribution in [-0.2, 0) is 0 Å². The zero-order valence-electron chi connectivity index (χ0n) is 11.4. The summed E-state index contributed by atoms with van der Waals surface area (Å²) in [7, 11) is 0. The Balaban J connectivity index is 1.87. The van der Waals surface area contributed by atoms with Gasteiger partial charge in [-0.05, 0) is 26.3 Å². The maximum absolute atomic E-state index is 8.40. The fourth-order valence-electron chi connectivity index (χ4n) is 3.32. The first-order valence-corrected chi connectivity index (χ1v) is 7.29. The Bertz CT molecular complexity index is 258. The van der Waals surface area contributed by atoms with Crippen LogP contribution in [0.1, 0.15) is 46.0 Å². The third-order valence-electron chi connectivity index (χ3n) is 4.50. The molecule has 0 aromatic carbocycles. The summed E-state index contributed by atoms with van der Waals surface area (Å²) in [6, 6.07) is 0.609. The van der Waals surface area contributed by atoms with Crippen LogP contribution in [0.2, 0.25) is 0 Å². The van der Waals surface area contributed by atoms with Crippen LogP contribution in [0.4, 0.5) is 0 Å². The summed E-state index contributed by atoms with van der Waals surface area (Å²) < 4.78 is 0. The van der Waals surface area contributed by atoms with Crippen molar-refractivity contribution in [3.05, 3.63) is 0 Å². The number of hydrogen-bond acceptors (Lipinski definition) is 2. The largest absolute Gasteiger partial charge is 0.357 e. The summed E-state index contributed by atoms with van der Waals surface area (Å²) in [5.41, 5.74) is 0. The van der Waals surface area contributed by atoms with E-state index in [0.29, 0.717) is 12.0 Å². The van der Waals surface area contributed by atoms with E-state index in [1.54, 1.807) is 0 Å². The van der Waals surface area contributed by atoms with Crippen molar-refractivity contribution in [1.29, 1.82) is 5.41 Å².